The summed E-state index contributed by atoms with van der Waals surface area (Å²) in [5.41, 5.74) is 0.403. The molecule has 0 bridgehead atoms. The molecule has 24 heavy (non-hydrogen) atoms. The SMILES string of the molecule is COc1cc(C(=O)NCC(O)C2CCCCC2)cc(OC)c1OC. The number of benzene rings is 1. The molecule has 0 radical (unpaired) electrons. The van der Waals surface area contributed by atoms with Crippen molar-refractivity contribution in [2.45, 2.75) is 38.2 Å². The number of ether oxygens (including phenoxy) is 3. The summed E-state index contributed by atoms with van der Waals surface area (Å²) >= 11 is 0. The number of hydrogen-bond donors (Lipinski definition) is 2. The Morgan fingerprint density at radius 1 is 1.12 bits per heavy atom. The Balaban J connectivity index is 2.03. The molecule has 0 aromatic heterocycles. The fraction of sp³-hybridized carbons (Fsp3) is 0.611. The summed E-state index contributed by atoms with van der Waals surface area (Å²) in [5, 5.41) is 13.1. The lowest BCUT2D eigenvalue weighted by atomic mass is 9.85. The van der Waals surface area contributed by atoms with Crippen molar-refractivity contribution in [1.82, 2.24) is 5.32 Å². The lowest BCUT2D eigenvalue weighted by Gasteiger charge is -2.26. The van der Waals surface area contributed by atoms with E-state index in [2.05, 4.69) is 5.32 Å². The van der Waals surface area contributed by atoms with Crippen LogP contribution in [0.1, 0.15) is 42.5 Å². The summed E-state index contributed by atoms with van der Waals surface area (Å²) in [6, 6.07) is 3.20. The van der Waals surface area contributed by atoms with E-state index in [9.17, 15) is 9.90 Å². The highest BCUT2D eigenvalue weighted by molar-refractivity contribution is 5.95. The molecule has 6 heteroatoms. The summed E-state index contributed by atoms with van der Waals surface area (Å²) in [6.45, 7) is 0.250. The predicted octanol–water partition coefficient (Wildman–Crippen LogP) is 2.38. The number of carbonyl (C=O) groups excluding carboxylic acids is 1. The summed E-state index contributed by atoms with van der Waals surface area (Å²) < 4.78 is 15.8. The van der Waals surface area contributed by atoms with Gasteiger partial charge in [-0.25, -0.2) is 0 Å². The minimum atomic E-state index is -0.503. The fourth-order valence-electron chi connectivity index (χ4n) is 3.20. The fourth-order valence-corrected chi connectivity index (χ4v) is 3.20. The van der Waals surface area contributed by atoms with E-state index in [1.165, 1.54) is 27.8 Å². The Hall–Kier alpha value is -1.95. The number of amides is 1. The molecule has 1 unspecified atom stereocenters. The van der Waals surface area contributed by atoms with Crippen molar-refractivity contribution in [3.8, 4) is 17.2 Å². The Bertz CT molecular complexity index is 529. The highest BCUT2D eigenvalue weighted by Gasteiger charge is 2.23. The van der Waals surface area contributed by atoms with Crippen LogP contribution in [0.4, 0.5) is 0 Å². The van der Waals surface area contributed by atoms with E-state index in [1.54, 1.807) is 12.1 Å². The summed E-state index contributed by atoms with van der Waals surface area (Å²) in [5.74, 6) is 1.30. The smallest absolute Gasteiger partial charge is 0.251 e. The van der Waals surface area contributed by atoms with Crippen LogP contribution in [0.15, 0.2) is 12.1 Å². The number of aliphatic hydroxyl groups is 1. The Morgan fingerprint density at radius 3 is 2.21 bits per heavy atom. The first kappa shape index (κ1) is 18.4. The van der Waals surface area contributed by atoms with Gasteiger partial charge in [0.15, 0.2) is 11.5 Å². The molecule has 2 N–H and O–H groups in total. The van der Waals surface area contributed by atoms with Crippen molar-refractivity contribution in [1.29, 1.82) is 0 Å². The van der Waals surface area contributed by atoms with Gasteiger partial charge in [0.25, 0.3) is 5.91 Å². The maximum atomic E-state index is 12.4. The number of nitrogens with one attached hydrogen (secondary N) is 1. The van der Waals surface area contributed by atoms with Gasteiger partial charge in [-0.1, -0.05) is 19.3 Å². The molecule has 0 heterocycles. The van der Waals surface area contributed by atoms with Crippen LogP contribution in [0.25, 0.3) is 0 Å². The van der Waals surface area contributed by atoms with Crippen molar-refractivity contribution in [2.24, 2.45) is 5.92 Å². The van der Waals surface area contributed by atoms with E-state index >= 15 is 0 Å². The van der Waals surface area contributed by atoms with Crippen molar-refractivity contribution < 1.29 is 24.1 Å². The number of aliphatic hydroxyl groups excluding tert-OH is 1. The second-order valence-corrected chi connectivity index (χ2v) is 6.09. The van der Waals surface area contributed by atoms with Crippen molar-refractivity contribution in [3.05, 3.63) is 17.7 Å². The van der Waals surface area contributed by atoms with Crippen LogP contribution in [0.5, 0.6) is 17.2 Å². The number of methoxy groups -OCH3 is 3. The zero-order valence-electron chi connectivity index (χ0n) is 14.6. The molecular weight excluding hydrogens is 310 g/mol. The molecule has 1 aliphatic rings. The first-order valence-corrected chi connectivity index (χ1v) is 8.37. The third-order valence-corrected chi connectivity index (χ3v) is 4.59. The zero-order valence-corrected chi connectivity index (χ0v) is 14.6. The van der Waals surface area contributed by atoms with Crippen LogP contribution < -0.4 is 19.5 Å². The number of hydrogen-bond acceptors (Lipinski definition) is 5. The highest BCUT2D eigenvalue weighted by Crippen LogP contribution is 2.38. The summed E-state index contributed by atoms with van der Waals surface area (Å²) in [6.07, 6.45) is 5.10. The van der Waals surface area contributed by atoms with Crippen LogP contribution >= 0.6 is 0 Å². The molecule has 0 saturated heterocycles. The van der Waals surface area contributed by atoms with Gasteiger partial charge in [0, 0.05) is 12.1 Å². The van der Waals surface area contributed by atoms with E-state index in [0.29, 0.717) is 22.8 Å². The normalized spacial score (nSPS) is 16.3. The summed E-state index contributed by atoms with van der Waals surface area (Å²) in [7, 11) is 4.53. The van der Waals surface area contributed by atoms with E-state index in [0.717, 1.165) is 25.7 Å². The molecule has 1 amide bonds. The van der Waals surface area contributed by atoms with E-state index < -0.39 is 6.10 Å². The molecule has 1 aromatic rings. The van der Waals surface area contributed by atoms with E-state index in [4.69, 9.17) is 14.2 Å². The molecule has 1 aliphatic carbocycles. The molecule has 0 aliphatic heterocycles. The maximum absolute atomic E-state index is 12.4. The van der Waals surface area contributed by atoms with Crippen molar-refractivity contribution in [2.75, 3.05) is 27.9 Å². The Labute approximate surface area is 143 Å². The van der Waals surface area contributed by atoms with Gasteiger partial charge in [-0.15, -0.1) is 0 Å². The minimum absolute atomic E-state index is 0.250. The average Bonchev–Trinajstić information content (AvgIpc) is 2.65. The zero-order chi connectivity index (χ0) is 17.5. The van der Waals surface area contributed by atoms with Gasteiger partial charge in [0.05, 0.1) is 27.4 Å². The number of carbonyl (C=O) groups is 1. The Morgan fingerprint density at radius 2 is 1.71 bits per heavy atom. The predicted molar refractivity (Wildman–Crippen MR) is 91.0 cm³/mol. The monoisotopic (exact) mass is 337 g/mol. The topological polar surface area (TPSA) is 77.0 Å². The van der Waals surface area contributed by atoms with Crippen LogP contribution in [0.2, 0.25) is 0 Å². The lowest BCUT2D eigenvalue weighted by Crippen LogP contribution is -2.37. The van der Waals surface area contributed by atoms with Crippen LogP contribution in [0.3, 0.4) is 0 Å². The molecular formula is C18H27NO5. The van der Waals surface area contributed by atoms with Gasteiger partial charge in [-0.05, 0) is 30.9 Å². The van der Waals surface area contributed by atoms with Crippen LogP contribution in [-0.2, 0) is 0 Å². The standard InChI is InChI=1S/C18H27NO5/c1-22-15-9-13(10-16(23-2)17(15)24-3)18(21)19-11-14(20)12-7-5-4-6-8-12/h9-10,12,14,20H,4-8,11H2,1-3H3,(H,19,21). The summed E-state index contributed by atoms with van der Waals surface area (Å²) in [4.78, 5) is 12.4. The van der Waals surface area contributed by atoms with Gasteiger partial charge in [-0.2, -0.15) is 0 Å². The van der Waals surface area contributed by atoms with Gasteiger partial charge in [0.1, 0.15) is 0 Å². The largest absolute Gasteiger partial charge is 0.493 e. The third kappa shape index (κ3) is 4.32. The highest BCUT2D eigenvalue weighted by atomic mass is 16.5. The van der Waals surface area contributed by atoms with Crippen molar-refractivity contribution in [3.63, 3.8) is 0 Å². The second kappa shape index (κ2) is 8.78. The van der Waals surface area contributed by atoms with Gasteiger partial charge in [-0.3, -0.25) is 4.79 Å². The molecule has 0 spiro atoms. The van der Waals surface area contributed by atoms with Gasteiger partial charge >= 0.3 is 0 Å². The second-order valence-electron chi connectivity index (χ2n) is 6.09. The lowest BCUT2D eigenvalue weighted by molar-refractivity contribution is 0.0738. The molecule has 1 aromatic carbocycles. The van der Waals surface area contributed by atoms with Gasteiger partial charge < -0.3 is 24.6 Å². The van der Waals surface area contributed by atoms with Gasteiger partial charge in [0.2, 0.25) is 5.75 Å². The molecule has 1 fully saturated rings. The molecule has 1 saturated carbocycles. The first-order chi connectivity index (χ1) is 11.6. The third-order valence-electron chi connectivity index (χ3n) is 4.59. The molecule has 2 rings (SSSR count). The molecule has 134 valence electrons. The quantitative estimate of drug-likeness (QED) is 0.799. The minimum Gasteiger partial charge on any atom is -0.493 e. The van der Waals surface area contributed by atoms with Crippen LogP contribution in [-0.4, -0.2) is 45.0 Å². The molecule has 1 atom stereocenters. The van der Waals surface area contributed by atoms with Crippen molar-refractivity contribution >= 4 is 5.91 Å². The average molecular weight is 337 g/mol. The van der Waals surface area contributed by atoms with Crippen LogP contribution in [0, 0.1) is 5.92 Å². The number of rotatable bonds is 7. The van der Waals surface area contributed by atoms with E-state index in [1.807, 2.05) is 0 Å². The maximum Gasteiger partial charge on any atom is 0.251 e. The first-order valence-electron chi connectivity index (χ1n) is 8.37. The Kier molecular flexibility index (Phi) is 6.73. The van der Waals surface area contributed by atoms with E-state index in [-0.39, 0.29) is 18.4 Å². The molecule has 6 nitrogen and oxygen atoms in total.